The molecule has 27 heavy (non-hydrogen) atoms. The highest BCUT2D eigenvalue weighted by Gasteiger charge is 2.06. The lowest BCUT2D eigenvalue weighted by molar-refractivity contribution is 0.0453. The van der Waals surface area contributed by atoms with Gasteiger partial charge in [-0.25, -0.2) is 4.98 Å². The molecule has 0 fully saturated rings. The molecule has 0 radical (unpaired) electrons. The van der Waals surface area contributed by atoms with Gasteiger partial charge in [0, 0.05) is 20.2 Å². The van der Waals surface area contributed by atoms with Crippen LogP contribution in [0.15, 0.2) is 33.7 Å². The van der Waals surface area contributed by atoms with Crippen molar-refractivity contribution in [2.45, 2.75) is 40.5 Å². The summed E-state index contributed by atoms with van der Waals surface area (Å²) < 4.78 is 16.5. The molecular formula is C20H30N4O3. The number of ether oxygens (including phenoxy) is 2. The molecule has 0 unspecified atom stereocenters. The van der Waals surface area contributed by atoms with Crippen LogP contribution < -0.4 is 10.6 Å². The van der Waals surface area contributed by atoms with Crippen LogP contribution in [0.4, 0.5) is 0 Å². The largest absolute Gasteiger partial charge is 0.444 e. The second kappa shape index (κ2) is 11.4. The monoisotopic (exact) mass is 374 g/mol. The highest BCUT2D eigenvalue weighted by atomic mass is 16.5. The lowest BCUT2D eigenvalue weighted by atomic mass is 10.1. The molecule has 0 aliphatic heterocycles. The summed E-state index contributed by atoms with van der Waals surface area (Å²) >= 11 is 0. The number of guanidine groups is 1. The van der Waals surface area contributed by atoms with Gasteiger partial charge in [0.25, 0.3) is 0 Å². The molecule has 7 nitrogen and oxygen atoms in total. The zero-order valence-electron chi connectivity index (χ0n) is 16.7. The first-order valence-corrected chi connectivity index (χ1v) is 9.23. The SMILES string of the molecule is CCOCCOCc1cccc(CNC(=NC)NCc2nc(C)c(C)o2)c1. The lowest BCUT2D eigenvalue weighted by Gasteiger charge is -2.11. The van der Waals surface area contributed by atoms with Crippen LogP contribution >= 0.6 is 0 Å². The van der Waals surface area contributed by atoms with Crippen molar-refractivity contribution in [3.8, 4) is 0 Å². The van der Waals surface area contributed by atoms with Crippen LogP contribution in [0.25, 0.3) is 0 Å². The van der Waals surface area contributed by atoms with Crippen molar-refractivity contribution in [3.05, 3.63) is 52.7 Å². The van der Waals surface area contributed by atoms with Gasteiger partial charge in [0.2, 0.25) is 5.89 Å². The average molecular weight is 374 g/mol. The Labute approximate surface area is 161 Å². The van der Waals surface area contributed by atoms with E-state index in [1.807, 2.05) is 26.8 Å². The average Bonchev–Trinajstić information content (AvgIpc) is 3.00. The molecule has 2 N–H and O–H groups in total. The summed E-state index contributed by atoms with van der Waals surface area (Å²) in [6, 6.07) is 8.30. The van der Waals surface area contributed by atoms with Gasteiger partial charge in [-0.1, -0.05) is 24.3 Å². The number of benzene rings is 1. The van der Waals surface area contributed by atoms with Crippen molar-refractivity contribution in [2.75, 3.05) is 26.9 Å². The molecule has 0 saturated carbocycles. The summed E-state index contributed by atoms with van der Waals surface area (Å²) in [6.45, 7) is 9.50. The minimum Gasteiger partial charge on any atom is -0.444 e. The summed E-state index contributed by atoms with van der Waals surface area (Å²) in [5, 5.41) is 6.51. The molecular weight excluding hydrogens is 344 g/mol. The van der Waals surface area contributed by atoms with E-state index in [-0.39, 0.29) is 0 Å². The van der Waals surface area contributed by atoms with Gasteiger partial charge >= 0.3 is 0 Å². The Kier molecular flexibility index (Phi) is 8.80. The van der Waals surface area contributed by atoms with Gasteiger partial charge < -0.3 is 24.5 Å². The fourth-order valence-corrected chi connectivity index (χ4v) is 2.46. The van der Waals surface area contributed by atoms with E-state index >= 15 is 0 Å². The molecule has 0 saturated heterocycles. The second-order valence-corrected chi connectivity index (χ2v) is 6.10. The maximum Gasteiger partial charge on any atom is 0.214 e. The molecule has 0 amide bonds. The number of rotatable bonds is 10. The van der Waals surface area contributed by atoms with Gasteiger partial charge in [-0.2, -0.15) is 0 Å². The van der Waals surface area contributed by atoms with E-state index in [1.165, 1.54) is 0 Å². The number of hydrogen-bond acceptors (Lipinski definition) is 5. The topological polar surface area (TPSA) is 80.9 Å². The molecule has 0 aliphatic rings. The Morgan fingerprint density at radius 2 is 1.85 bits per heavy atom. The predicted molar refractivity (Wildman–Crippen MR) is 106 cm³/mol. The van der Waals surface area contributed by atoms with E-state index in [1.54, 1.807) is 7.05 Å². The highest BCUT2D eigenvalue weighted by Crippen LogP contribution is 2.08. The number of aryl methyl sites for hydroxylation is 2. The predicted octanol–water partition coefficient (Wildman–Crippen LogP) is 2.71. The van der Waals surface area contributed by atoms with Crippen LogP contribution in [-0.4, -0.2) is 37.8 Å². The molecule has 2 rings (SSSR count). The van der Waals surface area contributed by atoms with Crippen molar-refractivity contribution in [1.29, 1.82) is 0 Å². The van der Waals surface area contributed by atoms with E-state index in [0.29, 0.717) is 44.8 Å². The zero-order chi connectivity index (χ0) is 19.5. The number of nitrogens with zero attached hydrogens (tertiary/aromatic N) is 2. The lowest BCUT2D eigenvalue weighted by Crippen LogP contribution is -2.36. The molecule has 0 aliphatic carbocycles. The highest BCUT2D eigenvalue weighted by molar-refractivity contribution is 5.79. The van der Waals surface area contributed by atoms with Gasteiger partial charge in [0.1, 0.15) is 5.76 Å². The van der Waals surface area contributed by atoms with Crippen molar-refractivity contribution < 1.29 is 13.9 Å². The third-order valence-corrected chi connectivity index (χ3v) is 4.00. The number of hydrogen-bond donors (Lipinski definition) is 2. The maximum absolute atomic E-state index is 5.62. The van der Waals surface area contributed by atoms with Crippen molar-refractivity contribution in [3.63, 3.8) is 0 Å². The van der Waals surface area contributed by atoms with Crippen LogP contribution in [0.5, 0.6) is 0 Å². The molecule has 1 aromatic carbocycles. The third kappa shape index (κ3) is 7.40. The summed E-state index contributed by atoms with van der Waals surface area (Å²) in [7, 11) is 1.74. The first kappa shape index (κ1) is 20.9. The van der Waals surface area contributed by atoms with Crippen molar-refractivity contribution >= 4 is 5.96 Å². The first-order chi connectivity index (χ1) is 13.1. The molecule has 7 heteroatoms. The minimum atomic E-state index is 0.488. The smallest absolute Gasteiger partial charge is 0.214 e. The normalized spacial score (nSPS) is 11.6. The first-order valence-electron chi connectivity index (χ1n) is 9.23. The molecule has 1 heterocycles. The van der Waals surface area contributed by atoms with E-state index in [4.69, 9.17) is 13.9 Å². The van der Waals surface area contributed by atoms with Crippen molar-refractivity contribution in [1.82, 2.24) is 15.6 Å². The van der Waals surface area contributed by atoms with E-state index in [2.05, 4.69) is 38.8 Å². The van der Waals surface area contributed by atoms with Crippen LogP contribution in [-0.2, 0) is 29.2 Å². The van der Waals surface area contributed by atoms with E-state index in [9.17, 15) is 0 Å². The Morgan fingerprint density at radius 1 is 1.11 bits per heavy atom. The molecule has 0 spiro atoms. The Morgan fingerprint density at radius 3 is 2.56 bits per heavy atom. The van der Waals surface area contributed by atoms with Crippen LogP contribution in [0.2, 0.25) is 0 Å². The summed E-state index contributed by atoms with van der Waals surface area (Å²) in [5.74, 6) is 2.19. The fourth-order valence-electron chi connectivity index (χ4n) is 2.46. The number of oxazole rings is 1. The standard InChI is InChI=1S/C20H30N4O3/c1-5-25-9-10-26-14-18-8-6-7-17(11-18)12-22-20(21-4)23-13-19-24-15(2)16(3)27-19/h6-8,11H,5,9-10,12-14H2,1-4H3,(H2,21,22,23). The summed E-state index contributed by atoms with van der Waals surface area (Å²) in [6.07, 6.45) is 0. The Balaban J connectivity index is 1.77. The molecule has 2 aromatic rings. The van der Waals surface area contributed by atoms with Gasteiger partial charge in [0.05, 0.1) is 32.1 Å². The van der Waals surface area contributed by atoms with E-state index < -0.39 is 0 Å². The zero-order valence-corrected chi connectivity index (χ0v) is 16.7. The van der Waals surface area contributed by atoms with Crippen LogP contribution in [0, 0.1) is 13.8 Å². The Hall–Kier alpha value is -2.38. The fraction of sp³-hybridized carbons (Fsp3) is 0.500. The third-order valence-electron chi connectivity index (χ3n) is 4.00. The number of nitrogens with one attached hydrogen (secondary N) is 2. The molecule has 148 valence electrons. The van der Waals surface area contributed by atoms with Crippen molar-refractivity contribution in [2.24, 2.45) is 4.99 Å². The Bertz CT molecular complexity index is 708. The summed E-state index contributed by atoms with van der Waals surface area (Å²) in [5.41, 5.74) is 3.21. The van der Waals surface area contributed by atoms with E-state index in [0.717, 1.165) is 29.2 Å². The number of aliphatic imine (C=N–C) groups is 1. The molecule has 0 atom stereocenters. The van der Waals surface area contributed by atoms with Gasteiger partial charge in [-0.05, 0) is 31.9 Å². The van der Waals surface area contributed by atoms with Gasteiger partial charge in [0.15, 0.2) is 5.96 Å². The second-order valence-electron chi connectivity index (χ2n) is 6.10. The van der Waals surface area contributed by atoms with Crippen LogP contribution in [0.3, 0.4) is 0 Å². The molecule has 1 aromatic heterocycles. The summed E-state index contributed by atoms with van der Waals surface area (Å²) in [4.78, 5) is 8.59. The minimum absolute atomic E-state index is 0.488. The van der Waals surface area contributed by atoms with Crippen LogP contribution in [0.1, 0.15) is 35.4 Å². The van der Waals surface area contributed by atoms with Gasteiger partial charge in [-0.3, -0.25) is 4.99 Å². The number of aromatic nitrogens is 1. The van der Waals surface area contributed by atoms with Gasteiger partial charge in [-0.15, -0.1) is 0 Å². The quantitative estimate of drug-likeness (QED) is 0.378. The maximum atomic E-state index is 5.62. The molecule has 0 bridgehead atoms.